The zero-order valence-electron chi connectivity index (χ0n) is 15.1. The van der Waals surface area contributed by atoms with Crippen molar-refractivity contribution in [3.63, 3.8) is 0 Å². The van der Waals surface area contributed by atoms with Crippen molar-refractivity contribution in [2.75, 3.05) is 16.8 Å². The van der Waals surface area contributed by atoms with Gasteiger partial charge in [0.05, 0.1) is 0 Å². The number of hydrogen-bond acceptors (Lipinski definition) is 4. The average molecular weight is 359 g/mol. The van der Waals surface area contributed by atoms with Crippen LogP contribution >= 0.6 is 0 Å². The zero-order chi connectivity index (χ0) is 18.8. The topological polar surface area (TPSA) is 65.5 Å². The van der Waals surface area contributed by atoms with E-state index in [9.17, 15) is 9.90 Å². The van der Waals surface area contributed by atoms with Crippen LogP contribution in [0.15, 0.2) is 60.7 Å². The maximum absolute atomic E-state index is 12.6. The van der Waals surface area contributed by atoms with Gasteiger partial charge in [-0.15, -0.1) is 0 Å². The number of rotatable bonds is 3. The van der Waals surface area contributed by atoms with Gasteiger partial charge in [-0.05, 0) is 60.4 Å². The number of amides is 1. The fourth-order valence-electron chi connectivity index (χ4n) is 3.39. The summed E-state index contributed by atoms with van der Waals surface area (Å²) < 4.78 is 0. The van der Waals surface area contributed by atoms with Crippen molar-refractivity contribution in [1.29, 1.82) is 0 Å². The molecular formula is C22H21N3O2. The highest BCUT2D eigenvalue weighted by atomic mass is 16.3. The Kier molecular flexibility index (Phi) is 4.50. The first-order chi connectivity index (χ1) is 13.1. The number of nitrogens with zero attached hydrogens (tertiary/aromatic N) is 2. The number of nitrogens with one attached hydrogen (secondary N) is 1. The Hall–Kier alpha value is -3.34. The molecule has 1 amide bonds. The normalized spacial score (nSPS) is 13.1. The monoisotopic (exact) mass is 359 g/mol. The molecule has 136 valence electrons. The maximum Gasteiger partial charge on any atom is 0.274 e. The lowest BCUT2D eigenvalue weighted by molar-refractivity contribution is 0.102. The molecule has 2 heterocycles. The number of aromatic nitrogens is 1. The van der Waals surface area contributed by atoms with Crippen molar-refractivity contribution in [1.82, 2.24) is 4.98 Å². The fraction of sp³-hybridized carbons (Fsp3) is 0.182. The summed E-state index contributed by atoms with van der Waals surface area (Å²) in [6.45, 7) is 3.52. The van der Waals surface area contributed by atoms with Crippen molar-refractivity contribution >= 4 is 17.4 Å². The summed E-state index contributed by atoms with van der Waals surface area (Å²) >= 11 is 0. The summed E-state index contributed by atoms with van der Waals surface area (Å²) in [5, 5.41) is 12.4. The van der Waals surface area contributed by atoms with Gasteiger partial charge in [-0.2, -0.15) is 0 Å². The van der Waals surface area contributed by atoms with Crippen LogP contribution in [0.1, 0.15) is 27.2 Å². The number of pyridine rings is 1. The van der Waals surface area contributed by atoms with Gasteiger partial charge in [-0.25, -0.2) is 4.98 Å². The first-order valence-electron chi connectivity index (χ1n) is 9.00. The molecule has 0 saturated heterocycles. The van der Waals surface area contributed by atoms with E-state index in [1.807, 2.05) is 19.1 Å². The van der Waals surface area contributed by atoms with Crippen LogP contribution in [0.4, 0.5) is 11.5 Å². The molecule has 4 rings (SSSR count). The lowest BCUT2D eigenvalue weighted by atomic mass is 10.00. The second-order valence-electron chi connectivity index (χ2n) is 6.77. The number of aryl methyl sites for hydroxylation is 1. The van der Waals surface area contributed by atoms with E-state index in [4.69, 9.17) is 0 Å². The van der Waals surface area contributed by atoms with Gasteiger partial charge in [0.1, 0.15) is 17.3 Å². The molecule has 0 fully saturated rings. The van der Waals surface area contributed by atoms with Crippen molar-refractivity contribution in [2.45, 2.75) is 19.9 Å². The molecule has 0 bridgehead atoms. The number of carbonyl (C=O) groups excluding carboxylic acids is 1. The molecule has 0 spiro atoms. The predicted molar refractivity (Wildman–Crippen MR) is 106 cm³/mol. The minimum Gasteiger partial charge on any atom is -0.508 e. The minimum atomic E-state index is -0.261. The molecule has 0 unspecified atom stereocenters. The highest BCUT2D eigenvalue weighted by Gasteiger charge is 2.18. The summed E-state index contributed by atoms with van der Waals surface area (Å²) in [4.78, 5) is 19.4. The molecule has 5 heteroatoms. The summed E-state index contributed by atoms with van der Waals surface area (Å²) in [5.74, 6) is 0.721. The molecule has 0 aliphatic carbocycles. The van der Waals surface area contributed by atoms with Gasteiger partial charge in [0.25, 0.3) is 5.91 Å². The minimum absolute atomic E-state index is 0.177. The number of benzene rings is 2. The molecule has 3 aromatic rings. The van der Waals surface area contributed by atoms with E-state index in [0.29, 0.717) is 11.4 Å². The van der Waals surface area contributed by atoms with Crippen molar-refractivity contribution < 1.29 is 9.90 Å². The quantitative estimate of drug-likeness (QED) is 0.696. The third-order valence-electron chi connectivity index (χ3n) is 4.88. The summed E-state index contributed by atoms with van der Waals surface area (Å²) in [7, 11) is 0. The Labute approximate surface area is 158 Å². The molecule has 5 nitrogen and oxygen atoms in total. The second-order valence-corrected chi connectivity index (χ2v) is 6.77. The van der Waals surface area contributed by atoms with Crippen molar-refractivity contribution in [3.05, 3.63) is 83.0 Å². The van der Waals surface area contributed by atoms with Gasteiger partial charge < -0.3 is 15.3 Å². The Morgan fingerprint density at radius 3 is 2.70 bits per heavy atom. The highest BCUT2D eigenvalue weighted by Crippen LogP contribution is 2.24. The van der Waals surface area contributed by atoms with Crippen molar-refractivity contribution in [2.24, 2.45) is 0 Å². The molecule has 2 aromatic carbocycles. The third-order valence-corrected chi connectivity index (χ3v) is 4.88. The number of phenols is 1. The second kappa shape index (κ2) is 7.11. The number of hydrogen-bond donors (Lipinski definition) is 2. The van der Waals surface area contributed by atoms with Gasteiger partial charge in [0, 0.05) is 18.8 Å². The van der Waals surface area contributed by atoms with E-state index in [1.165, 1.54) is 11.1 Å². The van der Waals surface area contributed by atoms with Crippen LogP contribution in [-0.4, -0.2) is 22.5 Å². The molecule has 1 aliphatic heterocycles. The molecule has 27 heavy (non-hydrogen) atoms. The first kappa shape index (κ1) is 17.1. The van der Waals surface area contributed by atoms with Gasteiger partial charge in [-0.3, -0.25) is 4.79 Å². The van der Waals surface area contributed by atoms with Crippen LogP contribution in [0.3, 0.4) is 0 Å². The first-order valence-corrected chi connectivity index (χ1v) is 9.00. The van der Waals surface area contributed by atoms with Crippen LogP contribution in [0, 0.1) is 6.92 Å². The molecule has 1 aliphatic rings. The summed E-state index contributed by atoms with van der Waals surface area (Å²) in [6, 6.07) is 18.8. The lowest BCUT2D eigenvalue weighted by Crippen LogP contribution is -2.31. The largest absolute Gasteiger partial charge is 0.508 e. The maximum atomic E-state index is 12.6. The molecular weight excluding hydrogens is 338 g/mol. The van der Waals surface area contributed by atoms with Gasteiger partial charge in [0.15, 0.2) is 0 Å². The van der Waals surface area contributed by atoms with E-state index in [-0.39, 0.29) is 11.7 Å². The molecule has 1 aromatic heterocycles. The van der Waals surface area contributed by atoms with E-state index in [2.05, 4.69) is 39.5 Å². The van der Waals surface area contributed by atoms with E-state index >= 15 is 0 Å². The summed E-state index contributed by atoms with van der Waals surface area (Å²) in [5.41, 5.74) is 4.52. The fourth-order valence-corrected chi connectivity index (χ4v) is 3.39. The third kappa shape index (κ3) is 3.62. The summed E-state index contributed by atoms with van der Waals surface area (Å²) in [6.07, 6.45) is 0.973. The van der Waals surface area contributed by atoms with Crippen molar-refractivity contribution in [3.8, 4) is 5.75 Å². The van der Waals surface area contributed by atoms with Crippen LogP contribution in [-0.2, 0) is 13.0 Å². The van der Waals surface area contributed by atoms with Crippen LogP contribution in [0.5, 0.6) is 5.75 Å². The van der Waals surface area contributed by atoms with E-state index in [1.54, 1.807) is 24.3 Å². The number of phenolic OH excluding ortho intramolecular Hbond substituents is 1. The molecule has 0 saturated carbocycles. The SMILES string of the molecule is Cc1cc(O)ccc1NC(=O)c1cccc(N2CCc3ccccc3C2)n1. The Morgan fingerprint density at radius 1 is 1.07 bits per heavy atom. The number of aromatic hydroxyl groups is 1. The van der Waals surface area contributed by atoms with Gasteiger partial charge in [-0.1, -0.05) is 30.3 Å². The standard InChI is InChI=1S/C22H21N3O2/c1-15-13-18(26)9-10-19(15)24-22(27)20-7-4-8-21(23-20)25-12-11-16-5-2-3-6-17(16)14-25/h2-10,13,26H,11-12,14H2,1H3,(H,24,27). The van der Waals surface area contributed by atoms with Crippen LogP contribution in [0.25, 0.3) is 0 Å². The number of fused-ring (bicyclic) bond motifs is 1. The smallest absolute Gasteiger partial charge is 0.274 e. The average Bonchev–Trinajstić information content (AvgIpc) is 2.70. The number of anilines is 2. The molecule has 0 atom stereocenters. The number of carbonyl (C=O) groups is 1. The van der Waals surface area contributed by atoms with Gasteiger partial charge >= 0.3 is 0 Å². The van der Waals surface area contributed by atoms with Crippen LogP contribution in [0.2, 0.25) is 0 Å². The van der Waals surface area contributed by atoms with E-state index in [0.717, 1.165) is 30.9 Å². The van der Waals surface area contributed by atoms with E-state index < -0.39 is 0 Å². The molecule has 2 N–H and O–H groups in total. The highest BCUT2D eigenvalue weighted by molar-refractivity contribution is 6.03. The predicted octanol–water partition coefficient (Wildman–Crippen LogP) is 3.91. The Morgan fingerprint density at radius 2 is 1.89 bits per heavy atom. The van der Waals surface area contributed by atoms with Gasteiger partial charge in [0.2, 0.25) is 0 Å². The zero-order valence-corrected chi connectivity index (χ0v) is 15.1. The molecule has 0 radical (unpaired) electrons. The lowest BCUT2D eigenvalue weighted by Gasteiger charge is -2.30. The van der Waals surface area contributed by atoms with Crippen LogP contribution < -0.4 is 10.2 Å². The Balaban J connectivity index is 1.53. The Bertz CT molecular complexity index is 1000.